The van der Waals surface area contributed by atoms with E-state index in [1.54, 1.807) is 13.8 Å². The average molecular weight is 301 g/mol. The van der Waals surface area contributed by atoms with Crippen LogP contribution in [-0.4, -0.2) is 26.4 Å². The Morgan fingerprint density at radius 3 is 2.50 bits per heavy atom. The van der Waals surface area contributed by atoms with E-state index in [0.717, 1.165) is 12.5 Å². The summed E-state index contributed by atoms with van der Waals surface area (Å²) in [5.41, 5.74) is 6.19. The first-order valence-electron chi connectivity index (χ1n) is 6.25. The van der Waals surface area contributed by atoms with Crippen LogP contribution in [0, 0.1) is 24.0 Å². The molecule has 0 amide bonds. The van der Waals surface area contributed by atoms with Crippen molar-refractivity contribution in [1.29, 1.82) is 0 Å². The van der Waals surface area contributed by atoms with Gasteiger partial charge >= 0.3 is 0 Å². The maximum atomic E-state index is 12.2. The molecule has 0 aromatic heterocycles. The van der Waals surface area contributed by atoms with E-state index in [1.165, 1.54) is 6.07 Å². The van der Waals surface area contributed by atoms with E-state index in [1.807, 2.05) is 0 Å². The van der Waals surface area contributed by atoms with Crippen molar-refractivity contribution in [2.24, 2.45) is 5.73 Å². The summed E-state index contributed by atoms with van der Waals surface area (Å²) in [5.74, 6) is 0. The number of rotatable bonds is 7. The summed E-state index contributed by atoms with van der Waals surface area (Å²) >= 11 is 0. The lowest BCUT2D eigenvalue weighted by Gasteiger charge is -2.11. The van der Waals surface area contributed by atoms with E-state index >= 15 is 0 Å². The molecular formula is C12H19N3O4S. The normalized spacial score (nSPS) is 11.6. The number of aryl methyl sites for hydroxylation is 1. The Bertz CT molecular complexity index is 599. The maximum Gasteiger partial charge on any atom is 0.271 e. The van der Waals surface area contributed by atoms with Crippen LogP contribution in [0.15, 0.2) is 17.0 Å². The first-order chi connectivity index (χ1) is 9.29. The van der Waals surface area contributed by atoms with Crippen LogP contribution in [0.5, 0.6) is 0 Å². The van der Waals surface area contributed by atoms with Gasteiger partial charge in [0.05, 0.1) is 9.82 Å². The van der Waals surface area contributed by atoms with E-state index in [2.05, 4.69) is 4.72 Å². The summed E-state index contributed by atoms with van der Waals surface area (Å²) in [6.07, 6.45) is 1.35. The largest absolute Gasteiger partial charge is 0.330 e. The predicted octanol–water partition coefficient (Wildman–Crippen LogP) is 1.23. The van der Waals surface area contributed by atoms with Crippen LogP contribution in [0.4, 0.5) is 5.69 Å². The second-order valence-electron chi connectivity index (χ2n) is 4.54. The molecule has 3 N–H and O–H groups in total. The highest BCUT2D eigenvalue weighted by molar-refractivity contribution is 7.89. The molecule has 0 saturated heterocycles. The minimum absolute atomic E-state index is 0.0445. The molecule has 20 heavy (non-hydrogen) atoms. The van der Waals surface area contributed by atoms with Crippen molar-refractivity contribution in [3.8, 4) is 0 Å². The van der Waals surface area contributed by atoms with E-state index < -0.39 is 14.9 Å². The number of nitrogens with zero attached hydrogens (tertiary/aromatic N) is 1. The fourth-order valence-corrected chi connectivity index (χ4v) is 3.16. The van der Waals surface area contributed by atoms with Crippen LogP contribution >= 0.6 is 0 Å². The molecule has 0 aliphatic rings. The Morgan fingerprint density at radius 2 is 1.95 bits per heavy atom. The van der Waals surface area contributed by atoms with Gasteiger partial charge < -0.3 is 5.73 Å². The van der Waals surface area contributed by atoms with Crippen molar-refractivity contribution in [2.45, 2.75) is 31.6 Å². The quantitative estimate of drug-likeness (QED) is 0.446. The number of sulfonamides is 1. The molecule has 0 aliphatic heterocycles. The van der Waals surface area contributed by atoms with Gasteiger partial charge in [-0.15, -0.1) is 0 Å². The number of non-ortho nitro benzene ring substituents is 1. The van der Waals surface area contributed by atoms with Crippen molar-refractivity contribution < 1.29 is 13.3 Å². The molecule has 0 aliphatic carbocycles. The molecule has 1 aromatic carbocycles. The molecule has 0 bridgehead atoms. The highest BCUT2D eigenvalue weighted by Crippen LogP contribution is 2.25. The molecule has 0 atom stereocenters. The molecule has 0 fully saturated rings. The first-order valence-corrected chi connectivity index (χ1v) is 7.73. The Morgan fingerprint density at radius 1 is 1.30 bits per heavy atom. The molecule has 0 unspecified atom stereocenters. The fraction of sp³-hybridized carbons (Fsp3) is 0.500. The number of unbranched alkanes of at least 4 members (excludes halogenated alkanes) is 1. The summed E-state index contributed by atoms with van der Waals surface area (Å²) in [6.45, 7) is 4.04. The van der Waals surface area contributed by atoms with Gasteiger partial charge in [-0.25, -0.2) is 13.1 Å². The smallest absolute Gasteiger partial charge is 0.271 e. The van der Waals surface area contributed by atoms with Crippen molar-refractivity contribution >= 4 is 15.7 Å². The van der Waals surface area contributed by atoms with Gasteiger partial charge in [-0.2, -0.15) is 0 Å². The van der Waals surface area contributed by atoms with Gasteiger partial charge in [0, 0.05) is 18.7 Å². The molecule has 1 aromatic rings. The SMILES string of the molecule is Cc1cc([N+](=O)[O-])cc(S(=O)(=O)NCCCCN)c1C. The van der Waals surface area contributed by atoms with Crippen LogP contribution in [0.25, 0.3) is 0 Å². The number of benzene rings is 1. The zero-order chi connectivity index (χ0) is 15.3. The summed E-state index contributed by atoms with van der Waals surface area (Å²) in [6, 6.07) is 2.45. The summed E-state index contributed by atoms with van der Waals surface area (Å²) in [7, 11) is -3.75. The average Bonchev–Trinajstić information content (AvgIpc) is 2.37. The van der Waals surface area contributed by atoms with Gasteiger partial charge in [-0.3, -0.25) is 10.1 Å². The van der Waals surface area contributed by atoms with Crippen LogP contribution in [0.2, 0.25) is 0 Å². The van der Waals surface area contributed by atoms with Crippen LogP contribution in [0.1, 0.15) is 24.0 Å². The topological polar surface area (TPSA) is 115 Å². The second kappa shape index (κ2) is 6.78. The van der Waals surface area contributed by atoms with E-state index in [4.69, 9.17) is 5.73 Å². The molecule has 112 valence electrons. The molecular weight excluding hydrogens is 282 g/mol. The Kier molecular flexibility index (Phi) is 5.61. The fourth-order valence-electron chi connectivity index (χ4n) is 1.75. The summed E-state index contributed by atoms with van der Waals surface area (Å²) in [5, 5.41) is 10.8. The third kappa shape index (κ3) is 3.99. The molecule has 8 heteroatoms. The zero-order valence-corrected chi connectivity index (χ0v) is 12.4. The number of nitrogens with two attached hydrogens (primary N) is 1. The number of nitro groups is 1. The zero-order valence-electron chi connectivity index (χ0n) is 11.5. The highest BCUT2D eigenvalue weighted by Gasteiger charge is 2.21. The standard InChI is InChI=1S/C12H19N3O4S/c1-9-7-11(15(16)17)8-12(10(9)2)20(18,19)14-6-4-3-5-13/h7-8,14H,3-6,13H2,1-2H3. The molecule has 0 spiro atoms. The number of nitrogens with one attached hydrogen (secondary N) is 1. The molecule has 0 saturated carbocycles. The third-order valence-electron chi connectivity index (χ3n) is 3.03. The van der Waals surface area contributed by atoms with E-state index in [-0.39, 0.29) is 17.1 Å². The molecule has 0 heterocycles. The van der Waals surface area contributed by atoms with Crippen LogP contribution < -0.4 is 10.5 Å². The van der Waals surface area contributed by atoms with Gasteiger partial charge in [-0.1, -0.05) is 0 Å². The lowest BCUT2D eigenvalue weighted by molar-refractivity contribution is -0.385. The Hall–Kier alpha value is -1.51. The lowest BCUT2D eigenvalue weighted by atomic mass is 10.1. The first kappa shape index (κ1) is 16.5. The summed E-state index contributed by atoms with van der Waals surface area (Å²) < 4.78 is 26.8. The summed E-state index contributed by atoms with van der Waals surface area (Å²) in [4.78, 5) is 10.2. The minimum Gasteiger partial charge on any atom is -0.330 e. The maximum absolute atomic E-state index is 12.2. The van der Waals surface area contributed by atoms with Crippen molar-refractivity contribution in [2.75, 3.05) is 13.1 Å². The van der Waals surface area contributed by atoms with Crippen LogP contribution in [-0.2, 0) is 10.0 Å². The van der Waals surface area contributed by atoms with Crippen molar-refractivity contribution in [3.05, 3.63) is 33.4 Å². The predicted molar refractivity (Wildman–Crippen MR) is 76.0 cm³/mol. The second-order valence-corrected chi connectivity index (χ2v) is 6.27. The Balaban J connectivity index is 3.07. The van der Waals surface area contributed by atoms with E-state index in [0.29, 0.717) is 24.1 Å². The van der Waals surface area contributed by atoms with Gasteiger partial charge in [0.2, 0.25) is 10.0 Å². The minimum atomic E-state index is -3.75. The molecule has 0 radical (unpaired) electrons. The number of hydrogen-bond donors (Lipinski definition) is 2. The van der Waals surface area contributed by atoms with Gasteiger partial charge in [0.1, 0.15) is 0 Å². The molecule has 1 rings (SSSR count). The number of nitro benzene ring substituents is 1. The number of hydrogen-bond acceptors (Lipinski definition) is 5. The van der Waals surface area contributed by atoms with Crippen LogP contribution in [0.3, 0.4) is 0 Å². The highest BCUT2D eigenvalue weighted by atomic mass is 32.2. The van der Waals surface area contributed by atoms with Crippen molar-refractivity contribution in [3.63, 3.8) is 0 Å². The monoisotopic (exact) mass is 301 g/mol. The molecule has 7 nitrogen and oxygen atoms in total. The van der Waals surface area contributed by atoms with Gasteiger partial charge in [0.15, 0.2) is 0 Å². The van der Waals surface area contributed by atoms with Gasteiger partial charge in [-0.05, 0) is 44.4 Å². The van der Waals surface area contributed by atoms with E-state index in [9.17, 15) is 18.5 Å². The van der Waals surface area contributed by atoms with Gasteiger partial charge in [0.25, 0.3) is 5.69 Å². The lowest BCUT2D eigenvalue weighted by Crippen LogP contribution is -2.26. The third-order valence-corrected chi connectivity index (χ3v) is 4.62. The van der Waals surface area contributed by atoms with Crippen molar-refractivity contribution in [1.82, 2.24) is 4.72 Å². The Labute approximate surface area is 118 Å².